The number of sulfonamides is 1. The predicted octanol–water partition coefficient (Wildman–Crippen LogP) is 2.09. The molecule has 0 radical (unpaired) electrons. The molecular formula is C19H24N2O4S. The van der Waals surface area contributed by atoms with E-state index in [9.17, 15) is 13.2 Å². The predicted molar refractivity (Wildman–Crippen MR) is 102 cm³/mol. The standard InChI is InChI=1S/C19H24N2O4S/c1-16-8-6-7-11-18(16)21(26(2,23)24)14-19(22)20-12-13-25-15-17-9-4-3-5-10-17/h3-11H,12-15H2,1-2H3,(H,20,22). The maximum absolute atomic E-state index is 12.1. The van der Waals surface area contributed by atoms with Gasteiger partial charge in [-0.1, -0.05) is 48.5 Å². The van der Waals surface area contributed by atoms with Gasteiger partial charge in [-0.15, -0.1) is 0 Å². The lowest BCUT2D eigenvalue weighted by Crippen LogP contribution is -2.41. The summed E-state index contributed by atoms with van der Waals surface area (Å²) in [6.45, 7) is 2.68. The number of carbonyl (C=O) groups is 1. The van der Waals surface area contributed by atoms with E-state index in [0.717, 1.165) is 21.7 Å². The van der Waals surface area contributed by atoms with Gasteiger partial charge in [-0.3, -0.25) is 9.10 Å². The number of ether oxygens (including phenoxy) is 1. The van der Waals surface area contributed by atoms with Crippen LogP contribution in [0.25, 0.3) is 0 Å². The minimum absolute atomic E-state index is 0.262. The van der Waals surface area contributed by atoms with Gasteiger partial charge in [-0.2, -0.15) is 0 Å². The van der Waals surface area contributed by atoms with E-state index in [1.54, 1.807) is 12.1 Å². The van der Waals surface area contributed by atoms with Crippen LogP contribution >= 0.6 is 0 Å². The van der Waals surface area contributed by atoms with Crippen molar-refractivity contribution in [1.82, 2.24) is 5.32 Å². The summed E-state index contributed by atoms with van der Waals surface area (Å²) in [5.41, 5.74) is 2.35. The molecule has 140 valence electrons. The Balaban J connectivity index is 1.83. The van der Waals surface area contributed by atoms with Crippen LogP contribution in [-0.2, 0) is 26.2 Å². The number of nitrogens with one attached hydrogen (secondary N) is 1. The lowest BCUT2D eigenvalue weighted by Gasteiger charge is -2.23. The summed E-state index contributed by atoms with van der Waals surface area (Å²) in [5, 5.41) is 2.69. The highest BCUT2D eigenvalue weighted by atomic mass is 32.2. The van der Waals surface area contributed by atoms with E-state index in [4.69, 9.17) is 4.74 Å². The first-order valence-corrected chi connectivity index (χ1v) is 10.1. The molecule has 2 aromatic carbocycles. The van der Waals surface area contributed by atoms with Gasteiger partial charge >= 0.3 is 0 Å². The second-order valence-electron chi connectivity index (χ2n) is 5.94. The van der Waals surface area contributed by atoms with E-state index in [1.165, 1.54) is 0 Å². The zero-order valence-corrected chi connectivity index (χ0v) is 15.8. The molecular weight excluding hydrogens is 352 g/mol. The molecule has 7 heteroatoms. The van der Waals surface area contributed by atoms with Crippen LogP contribution in [0.2, 0.25) is 0 Å². The number of carbonyl (C=O) groups excluding carboxylic acids is 1. The molecule has 0 aliphatic carbocycles. The minimum atomic E-state index is -3.57. The molecule has 0 aliphatic rings. The maximum Gasteiger partial charge on any atom is 0.240 e. The smallest absolute Gasteiger partial charge is 0.240 e. The van der Waals surface area contributed by atoms with Crippen LogP contribution in [0.15, 0.2) is 54.6 Å². The molecule has 0 fully saturated rings. The van der Waals surface area contributed by atoms with Crippen molar-refractivity contribution in [2.75, 3.05) is 30.3 Å². The molecule has 0 saturated heterocycles. The largest absolute Gasteiger partial charge is 0.375 e. The van der Waals surface area contributed by atoms with Crippen molar-refractivity contribution in [3.63, 3.8) is 0 Å². The number of benzene rings is 2. The zero-order chi connectivity index (χ0) is 19.0. The van der Waals surface area contributed by atoms with Crippen LogP contribution in [0.4, 0.5) is 5.69 Å². The summed E-state index contributed by atoms with van der Waals surface area (Å²) < 4.78 is 30.8. The molecule has 1 amide bonds. The molecule has 0 unspecified atom stereocenters. The first kappa shape index (κ1) is 19.9. The summed E-state index contributed by atoms with van der Waals surface area (Å²) in [7, 11) is -3.57. The van der Waals surface area contributed by atoms with Gasteiger partial charge in [0.1, 0.15) is 6.54 Å². The fourth-order valence-corrected chi connectivity index (χ4v) is 3.35. The molecule has 0 atom stereocenters. The van der Waals surface area contributed by atoms with Gasteiger partial charge in [0, 0.05) is 6.54 Å². The van der Waals surface area contributed by atoms with Crippen LogP contribution in [-0.4, -0.2) is 40.3 Å². The maximum atomic E-state index is 12.1. The second kappa shape index (κ2) is 9.35. The molecule has 2 aromatic rings. The highest BCUT2D eigenvalue weighted by molar-refractivity contribution is 7.92. The molecule has 1 N–H and O–H groups in total. The Morgan fingerprint density at radius 3 is 2.38 bits per heavy atom. The van der Waals surface area contributed by atoms with Crippen molar-refractivity contribution in [2.45, 2.75) is 13.5 Å². The Hall–Kier alpha value is -2.38. The SMILES string of the molecule is Cc1ccccc1N(CC(=O)NCCOCc1ccccc1)S(C)(=O)=O. The number of nitrogens with zero attached hydrogens (tertiary/aromatic N) is 1. The number of hydrogen-bond donors (Lipinski definition) is 1. The van der Waals surface area contributed by atoms with Gasteiger partial charge in [-0.25, -0.2) is 8.42 Å². The van der Waals surface area contributed by atoms with E-state index in [0.29, 0.717) is 25.4 Å². The summed E-state index contributed by atoms with van der Waals surface area (Å²) in [6.07, 6.45) is 1.09. The van der Waals surface area contributed by atoms with Crippen molar-refractivity contribution in [1.29, 1.82) is 0 Å². The summed E-state index contributed by atoms with van der Waals surface area (Å²) >= 11 is 0. The first-order chi connectivity index (χ1) is 12.4. The van der Waals surface area contributed by atoms with E-state index in [2.05, 4.69) is 5.32 Å². The molecule has 0 bridgehead atoms. The molecule has 0 aromatic heterocycles. The third-order valence-electron chi connectivity index (χ3n) is 3.75. The Kier molecular flexibility index (Phi) is 7.17. The number of rotatable bonds is 9. The van der Waals surface area contributed by atoms with Crippen LogP contribution in [0.3, 0.4) is 0 Å². The fourth-order valence-electron chi connectivity index (χ4n) is 2.44. The first-order valence-electron chi connectivity index (χ1n) is 8.29. The van der Waals surface area contributed by atoms with Gasteiger partial charge in [0.15, 0.2) is 0 Å². The van der Waals surface area contributed by atoms with Crippen LogP contribution in [0.5, 0.6) is 0 Å². The normalized spacial score (nSPS) is 11.2. The van der Waals surface area contributed by atoms with Gasteiger partial charge in [0.05, 0.1) is 25.2 Å². The fraction of sp³-hybridized carbons (Fsp3) is 0.316. The number of hydrogen-bond acceptors (Lipinski definition) is 4. The zero-order valence-electron chi connectivity index (χ0n) is 15.0. The number of amides is 1. The van der Waals surface area contributed by atoms with Gasteiger partial charge < -0.3 is 10.1 Å². The number of para-hydroxylation sites is 1. The monoisotopic (exact) mass is 376 g/mol. The summed E-state index contributed by atoms with van der Waals surface area (Å²) in [6, 6.07) is 16.8. The van der Waals surface area contributed by atoms with Gasteiger partial charge in [-0.05, 0) is 24.1 Å². The Morgan fingerprint density at radius 1 is 1.08 bits per heavy atom. The van der Waals surface area contributed by atoms with Crippen LogP contribution in [0.1, 0.15) is 11.1 Å². The van der Waals surface area contributed by atoms with Crippen LogP contribution < -0.4 is 9.62 Å². The molecule has 0 saturated carbocycles. The lowest BCUT2D eigenvalue weighted by molar-refractivity contribution is -0.119. The Morgan fingerprint density at radius 2 is 1.73 bits per heavy atom. The van der Waals surface area contributed by atoms with Crippen molar-refractivity contribution in [2.24, 2.45) is 0 Å². The molecule has 26 heavy (non-hydrogen) atoms. The molecule has 0 heterocycles. The van der Waals surface area contributed by atoms with Gasteiger partial charge in [0.25, 0.3) is 0 Å². The van der Waals surface area contributed by atoms with Gasteiger partial charge in [0.2, 0.25) is 15.9 Å². The molecule has 0 aliphatic heterocycles. The quantitative estimate of drug-likeness (QED) is 0.680. The second-order valence-corrected chi connectivity index (χ2v) is 7.85. The van der Waals surface area contributed by atoms with E-state index in [1.807, 2.05) is 49.4 Å². The molecule has 6 nitrogen and oxygen atoms in total. The third-order valence-corrected chi connectivity index (χ3v) is 4.88. The van der Waals surface area contributed by atoms with Crippen molar-refractivity contribution in [3.8, 4) is 0 Å². The highest BCUT2D eigenvalue weighted by Crippen LogP contribution is 2.21. The van der Waals surface area contributed by atoms with E-state index >= 15 is 0 Å². The Bertz CT molecular complexity index is 822. The van der Waals surface area contributed by atoms with Crippen LogP contribution in [0, 0.1) is 6.92 Å². The molecule has 0 spiro atoms. The van der Waals surface area contributed by atoms with Crippen molar-refractivity contribution in [3.05, 3.63) is 65.7 Å². The third kappa shape index (κ3) is 6.16. The number of aryl methyl sites for hydroxylation is 1. The number of anilines is 1. The average molecular weight is 376 g/mol. The summed E-state index contributed by atoms with van der Waals surface area (Å²) in [4.78, 5) is 12.1. The minimum Gasteiger partial charge on any atom is -0.375 e. The van der Waals surface area contributed by atoms with Crippen molar-refractivity contribution >= 4 is 21.6 Å². The topological polar surface area (TPSA) is 75.7 Å². The Labute approximate surface area is 154 Å². The highest BCUT2D eigenvalue weighted by Gasteiger charge is 2.21. The molecule has 2 rings (SSSR count). The van der Waals surface area contributed by atoms with E-state index in [-0.39, 0.29) is 12.5 Å². The lowest BCUT2D eigenvalue weighted by atomic mass is 10.2. The van der Waals surface area contributed by atoms with Crippen molar-refractivity contribution < 1.29 is 17.9 Å². The van der Waals surface area contributed by atoms with E-state index < -0.39 is 10.0 Å². The average Bonchev–Trinajstić information content (AvgIpc) is 2.60. The summed E-state index contributed by atoms with van der Waals surface area (Å²) in [5.74, 6) is -0.373.